The Hall–Kier alpha value is -1.29. The molecular formula is C9H12O4. The van der Waals surface area contributed by atoms with Crippen LogP contribution in [0, 0.1) is 6.92 Å². The van der Waals surface area contributed by atoms with Gasteiger partial charge in [-0.05, 0) is 6.92 Å². The van der Waals surface area contributed by atoms with Crippen molar-refractivity contribution in [2.75, 3.05) is 13.2 Å². The molecule has 0 spiro atoms. The predicted molar refractivity (Wildman–Crippen MR) is 46.9 cm³/mol. The molecule has 1 aromatic rings. The van der Waals surface area contributed by atoms with Gasteiger partial charge in [-0.25, -0.2) is 0 Å². The maximum Gasteiger partial charge on any atom is 0.226 e. The van der Waals surface area contributed by atoms with Crippen LogP contribution in [0.4, 0.5) is 0 Å². The molecule has 1 rings (SSSR count). The highest BCUT2D eigenvalue weighted by molar-refractivity contribution is 5.22. The van der Waals surface area contributed by atoms with Crippen LogP contribution in [0.15, 0.2) is 21.5 Å². The summed E-state index contributed by atoms with van der Waals surface area (Å²) >= 11 is 0. The number of aliphatic hydroxyl groups excluding tert-OH is 1. The van der Waals surface area contributed by atoms with Gasteiger partial charge in [0.05, 0.1) is 12.9 Å². The van der Waals surface area contributed by atoms with Crippen molar-refractivity contribution >= 4 is 0 Å². The van der Waals surface area contributed by atoms with E-state index in [-0.39, 0.29) is 17.8 Å². The third kappa shape index (κ3) is 2.59. The van der Waals surface area contributed by atoms with E-state index in [2.05, 4.69) is 0 Å². The van der Waals surface area contributed by atoms with Crippen molar-refractivity contribution in [3.8, 4) is 5.75 Å². The second-order valence-electron chi connectivity index (χ2n) is 2.60. The van der Waals surface area contributed by atoms with Crippen molar-refractivity contribution in [2.24, 2.45) is 0 Å². The summed E-state index contributed by atoms with van der Waals surface area (Å²) in [4.78, 5) is 11.2. The predicted octanol–water partition coefficient (Wildman–Crippen LogP) is 0.709. The van der Waals surface area contributed by atoms with Crippen molar-refractivity contribution in [3.63, 3.8) is 0 Å². The maximum absolute atomic E-state index is 11.2. The number of hydrogen-bond donors (Lipinski definition) is 1. The molecule has 4 nitrogen and oxygen atoms in total. The normalized spacial score (nSPS) is 10.0. The molecule has 13 heavy (non-hydrogen) atoms. The molecule has 0 aliphatic heterocycles. The molecule has 72 valence electrons. The summed E-state index contributed by atoms with van der Waals surface area (Å²) in [6.07, 6.45) is 1.84. The number of hydrogen-bond acceptors (Lipinski definition) is 4. The summed E-state index contributed by atoms with van der Waals surface area (Å²) in [7, 11) is 0. The Balaban J connectivity index is 2.70. The summed E-state index contributed by atoms with van der Waals surface area (Å²) in [5, 5.41) is 8.50. The minimum Gasteiger partial charge on any atom is -0.486 e. The Labute approximate surface area is 75.8 Å². The molecular weight excluding hydrogens is 172 g/mol. The minimum absolute atomic E-state index is 0.0528. The smallest absolute Gasteiger partial charge is 0.226 e. The highest BCUT2D eigenvalue weighted by Gasteiger charge is 2.05. The zero-order chi connectivity index (χ0) is 9.68. The van der Waals surface area contributed by atoms with E-state index in [0.29, 0.717) is 18.8 Å². The van der Waals surface area contributed by atoms with Crippen LogP contribution >= 0.6 is 0 Å². The number of aryl methyl sites for hydroxylation is 1. The van der Waals surface area contributed by atoms with Gasteiger partial charge in [0, 0.05) is 19.1 Å². The van der Waals surface area contributed by atoms with Crippen molar-refractivity contribution in [1.29, 1.82) is 0 Å². The first-order valence-electron chi connectivity index (χ1n) is 4.07. The molecule has 0 fully saturated rings. The Kier molecular flexibility index (Phi) is 3.52. The van der Waals surface area contributed by atoms with Gasteiger partial charge in [0.15, 0.2) is 0 Å². The monoisotopic (exact) mass is 184 g/mol. The molecule has 0 atom stereocenters. The van der Waals surface area contributed by atoms with E-state index in [4.69, 9.17) is 14.3 Å². The molecule has 0 saturated heterocycles. The van der Waals surface area contributed by atoms with Crippen LogP contribution in [0.5, 0.6) is 5.75 Å². The van der Waals surface area contributed by atoms with E-state index in [1.165, 1.54) is 12.3 Å². The van der Waals surface area contributed by atoms with Gasteiger partial charge >= 0.3 is 0 Å². The summed E-state index contributed by atoms with van der Waals surface area (Å²) in [5.41, 5.74) is -0.193. The highest BCUT2D eigenvalue weighted by atomic mass is 16.5. The fourth-order valence-corrected chi connectivity index (χ4v) is 0.912. The lowest BCUT2D eigenvalue weighted by atomic mass is 10.3. The molecule has 1 heterocycles. The van der Waals surface area contributed by atoms with Gasteiger partial charge in [-0.1, -0.05) is 0 Å². The molecule has 0 radical (unpaired) electrons. The first-order valence-corrected chi connectivity index (χ1v) is 4.07. The van der Waals surface area contributed by atoms with Crippen LogP contribution < -0.4 is 10.2 Å². The van der Waals surface area contributed by atoms with E-state index in [0.717, 1.165) is 0 Å². The van der Waals surface area contributed by atoms with Gasteiger partial charge < -0.3 is 14.3 Å². The van der Waals surface area contributed by atoms with Gasteiger partial charge in [-0.3, -0.25) is 4.79 Å². The first kappa shape index (κ1) is 9.80. The SMILES string of the molecule is Cc1occc(=O)c1OCCCO. The van der Waals surface area contributed by atoms with Gasteiger partial charge in [-0.2, -0.15) is 0 Å². The van der Waals surface area contributed by atoms with Crippen LogP contribution in [0.3, 0.4) is 0 Å². The van der Waals surface area contributed by atoms with Crippen LogP contribution in [-0.2, 0) is 0 Å². The van der Waals surface area contributed by atoms with Crippen molar-refractivity contribution in [2.45, 2.75) is 13.3 Å². The largest absolute Gasteiger partial charge is 0.486 e. The maximum atomic E-state index is 11.2. The highest BCUT2D eigenvalue weighted by Crippen LogP contribution is 2.10. The average molecular weight is 184 g/mol. The van der Waals surface area contributed by atoms with Crippen molar-refractivity contribution in [1.82, 2.24) is 0 Å². The lowest BCUT2D eigenvalue weighted by Crippen LogP contribution is -2.10. The average Bonchev–Trinajstić information content (AvgIpc) is 2.10. The van der Waals surface area contributed by atoms with Gasteiger partial charge in [0.1, 0.15) is 5.76 Å². The second kappa shape index (κ2) is 4.67. The van der Waals surface area contributed by atoms with Crippen LogP contribution in [0.2, 0.25) is 0 Å². The molecule has 0 aliphatic carbocycles. The van der Waals surface area contributed by atoms with Crippen molar-refractivity contribution < 1.29 is 14.3 Å². The molecule has 0 bridgehead atoms. The molecule has 0 aromatic carbocycles. The summed E-state index contributed by atoms with van der Waals surface area (Å²) < 4.78 is 10.1. The minimum atomic E-state index is -0.193. The van der Waals surface area contributed by atoms with Crippen LogP contribution in [0.1, 0.15) is 12.2 Å². The van der Waals surface area contributed by atoms with E-state index in [1.807, 2.05) is 0 Å². The van der Waals surface area contributed by atoms with Gasteiger partial charge in [-0.15, -0.1) is 0 Å². The van der Waals surface area contributed by atoms with E-state index in [1.54, 1.807) is 6.92 Å². The molecule has 0 aliphatic rings. The molecule has 1 N–H and O–H groups in total. The van der Waals surface area contributed by atoms with Crippen LogP contribution in [0.25, 0.3) is 0 Å². The molecule has 0 saturated carbocycles. The Morgan fingerprint density at radius 1 is 1.62 bits per heavy atom. The molecule has 0 amide bonds. The Morgan fingerprint density at radius 3 is 3.00 bits per heavy atom. The number of aliphatic hydroxyl groups is 1. The zero-order valence-corrected chi connectivity index (χ0v) is 7.45. The van der Waals surface area contributed by atoms with E-state index >= 15 is 0 Å². The lowest BCUT2D eigenvalue weighted by Gasteiger charge is -2.04. The summed E-state index contributed by atoms with van der Waals surface area (Å²) in [6.45, 7) is 2.04. The third-order valence-corrected chi connectivity index (χ3v) is 1.56. The number of ether oxygens (including phenoxy) is 1. The van der Waals surface area contributed by atoms with Gasteiger partial charge in [0.25, 0.3) is 0 Å². The molecule has 0 unspecified atom stereocenters. The molecule has 1 aromatic heterocycles. The second-order valence-corrected chi connectivity index (χ2v) is 2.60. The lowest BCUT2D eigenvalue weighted by molar-refractivity contribution is 0.227. The quantitative estimate of drug-likeness (QED) is 0.700. The first-order chi connectivity index (χ1) is 6.25. The van der Waals surface area contributed by atoms with Crippen molar-refractivity contribution in [3.05, 3.63) is 28.3 Å². The zero-order valence-electron chi connectivity index (χ0n) is 7.45. The third-order valence-electron chi connectivity index (χ3n) is 1.56. The van der Waals surface area contributed by atoms with Crippen LogP contribution in [-0.4, -0.2) is 18.3 Å². The standard InChI is InChI=1S/C9H12O4/c1-7-9(13-5-2-4-10)8(11)3-6-12-7/h3,6,10H,2,4-5H2,1H3. The molecule has 4 heteroatoms. The van der Waals surface area contributed by atoms with Gasteiger partial charge in [0.2, 0.25) is 11.2 Å². The number of rotatable bonds is 4. The fraction of sp³-hybridized carbons (Fsp3) is 0.444. The Morgan fingerprint density at radius 2 is 2.38 bits per heavy atom. The Bertz CT molecular complexity index is 316. The van der Waals surface area contributed by atoms with E-state index < -0.39 is 0 Å². The van der Waals surface area contributed by atoms with E-state index in [9.17, 15) is 4.79 Å². The summed E-state index contributed by atoms with van der Waals surface area (Å²) in [6, 6.07) is 1.31. The fourth-order valence-electron chi connectivity index (χ4n) is 0.912. The topological polar surface area (TPSA) is 59.7 Å². The summed E-state index contributed by atoms with van der Waals surface area (Å²) in [5.74, 6) is 0.696.